The maximum Gasteiger partial charge on any atom is 0.194 e. The van der Waals surface area contributed by atoms with Gasteiger partial charge in [0.25, 0.3) is 0 Å². The van der Waals surface area contributed by atoms with Gasteiger partial charge < -0.3 is 14.8 Å². The van der Waals surface area contributed by atoms with E-state index in [-0.39, 0.29) is 0 Å². The van der Waals surface area contributed by atoms with Gasteiger partial charge in [0.05, 0.1) is 6.54 Å². The average molecular weight is 314 g/mol. The second kappa shape index (κ2) is 8.31. The summed E-state index contributed by atoms with van der Waals surface area (Å²) in [6.07, 6.45) is 2.82. The Bertz CT molecular complexity index is 629. The van der Waals surface area contributed by atoms with Gasteiger partial charge in [0.15, 0.2) is 11.8 Å². The highest BCUT2D eigenvalue weighted by Crippen LogP contribution is 2.07. The van der Waals surface area contributed by atoms with Crippen LogP contribution in [0.5, 0.6) is 0 Å². The number of hydrogen-bond donors (Lipinski definition) is 1. The van der Waals surface area contributed by atoms with Gasteiger partial charge in [-0.15, -0.1) is 10.2 Å². The van der Waals surface area contributed by atoms with E-state index in [1.54, 1.807) is 13.4 Å². The van der Waals surface area contributed by atoms with Crippen LogP contribution in [0, 0.1) is 0 Å². The zero-order valence-corrected chi connectivity index (χ0v) is 14.5. The van der Waals surface area contributed by atoms with E-state index in [4.69, 9.17) is 0 Å². The highest BCUT2D eigenvalue weighted by Gasteiger charge is 2.09. The van der Waals surface area contributed by atoms with E-state index in [1.165, 1.54) is 11.1 Å². The van der Waals surface area contributed by atoms with E-state index in [0.29, 0.717) is 6.54 Å². The van der Waals surface area contributed by atoms with Crippen molar-refractivity contribution in [1.29, 1.82) is 0 Å². The maximum absolute atomic E-state index is 4.35. The average Bonchev–Trinajstić information content (AvgIpc) is 3.03. The van der Waals surface area contributed by atoms with Crippen molar-refractivity contribution in [1.82, 2.24) is 25.0 Å². The molecule has 23 heavy (non-hydrogen) atoms. The van der Waals surface area contributed by atoms with Gasteiger partial charge in [-0.25, -0.2) is 0 Å². The van der Waals surface area contributed by atoms with Crippen LogP contribution >= 0.6 is 0 Å². The molecule has 0 saturated carbocycles. The van der Waals surface area contributed by atoms with Crippen LogP contribution in [0.15, 0.2) is 35.6 Å². The Morgan fingerprint density at radius 2 is 1.91 bits per heavy atom. The summed E-state index contributed by atoms with van der Waals surface area (Å²) < 4.78 is 2.02. The van der Waals surface area contributed by atoms with Gasteiger partial charge in [-0.3, -0.25) is 4.99 Å². The molecule has 0 aliphatic heterocycles. The lowest BCUT2D eigenvalue weighted by Gasteiger charge is -2.22. The summed E-state index contributed by atoms with van der Waals surface area (Å²) in [5.41, 5.74) is 2.63. The van der Waals surface area contributed by atoms with Crippen molar-refractivity contribution in [3.8, 4) is 0 Å². The van der Waals surface area contributed by atoms with Crippen molar-refractivity contribution < 1.29 is 0 Å². The minimum Gasteiger partial charge on any atom is -0.349 e. The molecule has 0 aliphatic carbocycles. The summed E-state index contributed by atoms with van der Waals surface area (Å²) in [7, 11) is 3.83. The number of benzene rings is 1. The van der Waals surface area contributed by atoms with Crippen LogP contribution in [0.1, 0.15) is 30.8 Å². The Hall–Kier alpha value is -2.37. The van der Waals surface area contributed by atoms with Gasteiger partial charge in [-0.2, -0.15) is 0 Å². The molecule has 0 saturated heterocycles. The monoisotopic (exact) mass is 314 g/mol. The summed E-state index contributed by atoms with van der Waals surface area (Å²) in [5.74, 6) is 1.75. The lowest BCUT2D eigenvalue weighted by Crippen LogP contribution is -2.38. The van der Waals surface area contributed by atoms with Crippen molar-refractivity contribution in [2.24, 2.45) is 4.99 Å². The Kier molecular flexibility index (Phi) is 6.14. The summed E-state index contributed by atoms with van der Waals surface area (Å²) >= 11 is 0. The first-order valence-electron chi connectivity index (χ1n) is 8.04. The molecule has 1 aromatic carbocycles. The topological polar surface area (TPSA) is 58.3 Å². The van der Waals surface area contributed by atoms with Crippen LogP contribution in [0.2, 0.25) is 0 Å². The van der Waals surface area contributed by atoms with Gasteiger partial charge in [0.1, 0.15) is 6.33 Å². The van der Waals surface area contributed by atoms with Crippen LogP contribution in [0.4, 0.5) is 0 Å². The van der Waals surface area contributed by atoms with Gasteiger partial charge in [-0.05, 0) is 24.5 Å². The van der Waals surface area contributed by atoms with Crippen LogP contribution in [0.25, 0.3) is 0 Å². The Balaban J connectivity index is 1.94. The molecule has 6 heteroatoms. The van der Waals surface area contributed by atoms with Crippen LogP contribution in [-0.2, 0) is 26.1 Å². The molecule has 0 unspecified atom stereocenters. The SMILES string of the molecule is CCc1ccc(CN(C)C(=NC)NCc2nncn2CC)cc1. The van der Waals surface area contributed by atoms with Crippen LogP contribution < -0.4 is 5.32 Å². The molecule has 1 heterocycles. The Morgan fingerprint density at radius 1 is 1.22 bits per heavy atom. The third-order valence-corrected chi connectivity index (χ3v) is 3.87. The fourth-order valence-electron chi connectivity index (χ4n) is 2.45. The van der Waals surface area contributed by atoms with E-state index in [9.17, 15) is 0 Å². The number of aryl methyl sites for hydroxylation is 2. The van der Waals surface area contributed by atoms with Crippen molar-refractivity contribution in [3.05, 3.63) is 47.5 Å². The molecule has 1 aromatic heterocycles. The molecule has 0 fully saturated rings. The highest BCUT2D eigenvalue weighted by molar-refractivity contribution is 5.79. The van der Waals surface area contributed by atoms with Crippen molar-refractivity contribution in [2.75, 3.05) is 14.1 Å². The lowest BCUT2D eigenvalue weighted by atomic mass is 10.1. The second-order valence-electron chi connectivity index (χ2n) is 5.46. The van der Waals surface area contributed by atoms with Gasteiger partial charge in [0.2, 0.25) is 0 Å². The molecular weight excluding hydrogens is 288 g/mol. The normalized spacial score (nSPS) is 11.6. The molecule has 6 nitrogen and oxygen atoms in total. The number of aromatic nitrogens is 3. The third-order valence-electron chi connectivity index (χ3n) is 3.87. The van der Waals surface area contributed by atoms with Crippen molar-refractivity contribution in [2.45, 2.75) is 39.9 Å². The van der Waals surface area contributed by atoms with Crippen LogP contribution in [-0.4, -0.2) is 39.7 Å². The highest BCUT2D eigenvalue weighted by atomic mass is 15.3. The smallest absolute Gasteiger partial charge is 0.194 e. The quantitative estimate of drug-likeness (QED) is 0.655. The number of rotatable bonds is 6. The number of aliphatic imine (C=N–C) groups is 1. The van der Waals surface area contributed by atoms with E-state index in [2.05, 4.69) is 63.5 Å². The van der Waals surface area contributed by atoms with E-state index in [1.807, 2.05) is 11.6 Å². The van der Waals surface area contributed by atoms with Crippen molar-refractivity contribution in [3.63, 3.8) is 0 Å². The summed E-state index contributed by atoms with van der Waals surface area (Å²) in [5, 5.41) is 11.4. The summed E-state index contributed by atoms with van der Waals surface area (Å²) in [6, 6.07) is 8.72. The molecule has 2 aromatic rings. The molecule has 0 atom stereocenters. The number of hydrogen-bond acceptors (Lipinski definition) is 3. The van der Waals surface area contributed by atoms with Crippen LogP contribution in [0.3, 0.4) is 0 Å². The zero-order chi connectivity index (χ0) is 16.7. The molecule has 1 N–H and O–H groups in total. The van der Waals surface area contributed by atoms with Gasteiger partial charge in [-0.1, -0.05) is 31.2 Å². The largest absolute Gasteiger partial charge is 0.349 e. The Morgan fingerprint density at radius 3 is 2.52 bits per heavy atom. The first kappa shape index (κ1) is 17.0. The van der Waals surface area contributed by atoms with Gasteiger partial charge in [0, 0.05) is 27.2 Å². The molecule has 0 amide bonds. The second-order valence-corrected chi connectivity index (χ2v) is 5.46. The third kappa shape index (κ3) is 4.55. The predicted molar refractivity (Wildman–Crippen MR) is 93.2 cm³/mol. The van der Waals surface area contributed by atoms with Gasteiger partial charge >= 0.3 is 0 Å². The van der Waals surface area contributed by atoms with E-state index >= 15 is 0 Å². The summed E-state index contributed by atoms with van der Waals surface area (Å²) in [6.45, 7) is 6.53. The number of nitrogens with zero attached hydrogens (tertiary/aromatic N) is 5. The molecule has 0 spiro atoms. The maximum atomic E-state index is 4.35. The zero-order valence-electron chi connectivity index (χ0n) is 14.5. The lowest BCUT2D eigenvalue weighted by molar-refractivity contribution is 0.473. The van der Waals surface area contributed by atoms with E-state index < -0.39 is 0 Å². The minimum atomic E-state index is 0.611. The number of guanidine groups is 1. The number of nitrogens with one attached hydrogen (secondary N) is 1. The molecule has 0 radical (unpaired) electrons. The molecule has 124 valence electrons. The predicted octanol–water partition coefficient (Wildman–Crippen LogP) is 2.07. The Labute approximate surface area is 138 Å². The molecular formula is C17H26N6. The fourth-order valence-corrected chi connectivity index (χ4v) is 2.45. The molecule has 0 aliphatic rings. The molecule has 2 rings (SSSR count). The standard InChI is InChI=1S/C17H26N6/c1-5-14-7-9-15(10-8-14)12-22(4)17(18-3)19-11-16-21-20-13-23(16)6-2/h7-10,13H,5-6,11-12H2,1-4H3,(H,18,19). The van der Waals surface area contributed by atoms with E-state index in [0.717, 1.165) is 31.3 Å². The first-order chi connectivity index (χ1) is 11.2. The first-order valence-corrected chi connectivity index (χ1v) is 8.04. The molecule has 0 bridgehead atoms. The minimum absolute atomic E-state index is 0.611. The fraction of sp³-hybridized carbons (Fsp3) is 0.471. The summed E-state index contributed by atoms with van der Waals surface area (Å²) in [4.78, 5) is 6.45. The van der Waals surface area contributed by atoms with Crippen molar-refractivity contribution >= 4 is 5.96 Å².